The van der Waals surface area contributed by atoms with E-state index in [-0.39, 0.29) is 5.56 Å². The fraction of sp³-hybridized carbons (Fsp3) is 0.357. The second-order valence-electron chi connectivity index (χ2n) is 4.24. The van der Waals surface area contributed by atoms with Crippen LogP contribution in [0, 0.1) is 0 Å². The van der Waals surface area contributed by atoms with Crippen molar-refractivity contribution < 1.29 is 0 Å². The molecule has 0 fully saturated rings. The molecule has 0 aliphatic rings. The van der Waals surface area contributed by atoms with Crippen LogP contribution in [0.5, 0.6) is 0 Å². The Morgan fingerprint density at radius 1 is 1.29 bits per heavy atom. The minimum absolute atomic E-state index is 0.00713. The lowest BCUT2D eigenvalue weighted by Crippen LogP contribution is -2.21. The molecule has 3 heteroatoms. The van der Waals surface area contributed by atoms with Gasteiger partial charge in [0.05, 0.1) is 0 Å². The lowest BCUT2D eigenvalue weighted by atomic mass is 10.1. The van der Waals surface area contributed by atoms with Crippen LogP contribution in [0.4, 0.5) is 0 Å². The number of H-pyrrole nitrogens is 1. The zero-order chi connectivity index (χ0) is 12.1. The Morgan fingerprint density at radius 3 is 2.94 bits per heavy atom. The molecule has 1 aromatic heterocycles. The van der Waals surface area contributed by atoms with Gasteiger partial charge in [0.25, 0.3) is 5.56 Å². The molecule has 0 saturated heterocycles. The van der Waals surface area contributed by atoms with Crippen molar-refractivity contribution in [1.82, 2.24) is 10.3 Å². The maximum atomic E-state index is 11.8. The van der Waals surface area contributed by atoms with E-state index in [2.05, 4.69) is 17.2 Å². The van der Waals surface area contributed by atoms with Gasteiger partial charge in [0.2, 0.25) is 0 Å². The Labute approximate surface area is 101 Å². The molecule has 0 bridgehead atoms. The van der Waals surface area contributed by atoms with Crippen LogP contribution >= 0.6 is 0 Å². The molecule has 2 N–H and O–H groups in total. The summed E-state index contributed by atoms with van der Waals surface area (Å²) in [4.78, 5) is 14.7. The third-order valence-corrected chi connectivity index (χ3v) is 2.85. The number of nitrogens with one attached hydrogen (secondary N) is 2. The smallest absolute Gasteiger partial charge is 0.252 e. The fourth-order valence-corrected chi connectivity index (χ4v) is 1.85. The maximum absolute atomic E-state index is 11.8. The van der Waals surface area contributed by atoms with Gasteiger partial charge in [0, 0.05) is 17.6 Å². The van der Waals surface area contributed by atoms with Crippen molar-refractivity contribution in [2.75, 3.05) is 6.54 Å². The molecule has 17 heavy (non-hydrogen) atoms. The first kappa shape index (κ1) is 11.9. The Hall–Kier alpha value is -1.61. The molecule has 0 aliphatic carbocycles. The average molecular weight is 230 g/mol. The summed E-state index contributed by atoms with van der Waals surface area (Å²) in [5.41, 5.74) is 1.71. The number of benzene rings is 1. The number of hydrogen-bond donors (Lipinski definition) is 2. The highest BCUT2D eigenvalue weighted by molar-refractivity contribution is 5.78. The van der Waals surface area contributed by atoms with Crippen LogP contribution in [-0.4, -0.2) is 11.5 Å². The molecule has 2 aromatic rings. The largest absolute Gasteiger partial charge is 0.322 e. The predicted molar refractivity (Wildman–Crippen MR) is 71.2 cm³/mol. The van der Waals surface area contributed by atoms with E-state index in [0.29, 0.717) is 6.54 Å². The number of unbranched alkanes of at least 4 members (excludes halogenated alkanes) is 1. The van der Waals surface area contributed by atoms with Gasteiger partial charge in [-0.3, -0.25) is 4.79 Å². The van der Waals surface area contributed by atoms with Gasteiger partial charge in [-0.1, -0.05) is 31.5 Å². The van der Waals surface area contributed by atoms with Crippen molar-refractivity contribution in [1.29, 1.82) is 0 Å². The third kappa shape index (κ3) is 2.94. The Kier molecular flexibility index (Phi) is 3.94. The lowest BCUT2D eigenvalue weighted by Gasteiger charge is -2.04. The molecular formula is C14H18N2O. The average Bonchev–Trinajstić information content (AvgIpc) is 2.35. The highest BCUT2D eigenvalue weighted by Crippen LogP contribution is 2.09. The number of aromatic amines is 1. The topological polar surface area (TPSA) is 44.9 Å². The summed E-state index contributed by atoms with van der Waals surface area (Å²) in [7, 11) is 0. The van der Waals surface area contributed by atoms with E-state index in [1.54, 1.807) is 0 Å². The zero-order valence-corrected chi connectivity index (χ0v) is 10.1. The van der Waals surface area contributed by atoms with Gasteiger partial charge >= 0.3 is 0 Å². The van der Waals surface area contributed by atoms with E-state index in [4.69, 9.17) is 0 Å². The summed E-state index contributed by atoms with van der Waals surface area (Å²) >= 11 is 0. The maximum Gasteiger partial charge on any atom is 0.252 e. The lowest BCUT2D eigenvalue weighted by molar-refractivity contribution is 0.639. The molecule has 0 radical (unpaired) electrons. The molecule has 0 aliphatic heterocycles. The number of pyridine rings is 1. The predicted octanol–water partition coefficient (Wildman–Crippen LogP) is 2.42. The summed E-state index contributed by atoms with van der Waals surface area (Å²) < 4.78 is 0. The monoisotopic (exact) mass is 230 g/mol. The molecule has 0 saturated carbocycles. The Morgan fingerprint density at radius 2 is 2.12 bits per heavy atom. The zero-order valence-electron chi connectivity index (χ0n) is 10.1. The van der Waals surface area contributed by atoms with Crippen molar-refractivity contribution in [2.45, 2.75) is 26.3 Å². The van der Waals surface area contributed by atoms with Crippen LogP contribution in [0.1, 0.15) is 25.3 Å². The van der Waals surface area contributed by atoms with Crippen molar-refractivity contribution >= 4 is 10.9 Å². The van der Waals surface area contributed by atoms with Crippen LogP contribution in [0.2, 0.25) is 0 Å². The van der Waals surface area contributed by atoms with Crippen molar-refractivity contribution in [2.24, 2.45) is 0 Å². The molecule has 90 valence electrons. The van der Waals surface area contributed by atoms with Crippen LogP contribution in [0.25, 0.3) is 10.9 Å². The number of fused-ring (bicyclic) bond motifs is 1. The van der Waals surface area contributed by atoms with Crippen LogP contribution in [-0.2, 0) is 6.54 Å². The van der Waals surface area contributed by atoms with Gasteiger partial charge in [-0.25, -0.2) is 0 Å². The second kappa shape index (κ2) is 5.64. The van der Waals surface area contributed by atoms with Gasteiger partial charge in [-0.15, -0.1) is 0 Å². The van der Waals surface area contributed by atoms with E-state index in [1.807, 2.05) is 30.3 Å². The van der Waals surface area contributed by atoms with Gasteiger partial charge in [-0.05, 0) is 30.5 Å². The molecule has 0 spiro atoms. The first-order valence-corrected chi connectivity index (χ1v) is 6.13. The van der Waals surface area contributed by atoms with E-state index in [9.17, 15) is 4.79 Å². The second-order valence-corrected chi connectivity index (χ2v) is 4.24. The molecular weight excluding hydrogens is 212 g/mol. The normalized spacial score (nSPS) is 10.9. The molecule has 3 nitrogen and oxygen atoms in total. The van der Waals surface area contributed by atoms with Gasteiger partial charge in [0.15, 0.2) is 0 Å². The summed E-state index contributed by atoms with van der Waals surface area (Å²) in [6.07, 6.45) is 2.31. The summed E-state index contributed by atoms with van der Waals surface area (Å²) in [5, 5.41) is 4.37. The summed E-state index contributed by atoms with van der Waals surface area (Å²) in [6.45, 7) is 3.76. The van der Waals surface area contributed by atoms with E-state index < -0.39 is 0 Å². The van der Waals surface area contributed by atoms with Crippen molar-refractivity contribution in [3.63, 3.8) is 0 Å². The van der Waals surface area contributed by atoms with Crippen molar-refractivity contribution in [3.05, 3.63) is 46.2 Å². The first-order chi connectivity index (χ1) is 8.31. The molecule has 0 atom stereocenters. The third-order valence-electron chi connectivity index (χ3n) is 2.85. The SMILES string of the molecule is CCCCNCc1cc2ccccc2[nH]c1=O. The molecule has 0 unspecified atom stereocenters. The van der Waals surface area contributed by atoms with Crippen LogP contribution in [0.3, 0.4) is 0 Å². The fourth-order valence-electron chi connectivity index (χ4n) is 1.85. The minimum atomic E-state index is 0.00713. The van der Waals surface area contributed by atoms with Crippen LogP contribution in [0.15, 0.2) is 35.1 Å². The minimum Gasteiger partial charge on any atom is -0.322 e. The standard InChI is InChI=1S/C14H18N2O/c1-2-3-8-15-10-12-9-11-6-4-5-7-13(11)16-14(12)17/h4-7,9,15H,2-3,8,10H2,1H3,(H,16,17). The van der Waals surface area contributed by atoms with Crippen molar-refractivity contribution in [3.8, 4) is 0 Å². The van der Waals surface area contributed by atoms with Crippen LogP contribution < -0.4 is 10.9 Å². The Bertz CT molecular complexity index is 545. The highest BCUT2D eigenvalue weighted by atomic mass is 16.1. The Balaban J connectivity index is 2.17. The van der Waals surface area contributed by atoms with E-state index in [0.717, 1.165) is 29.4 Å². The number of para-hydroxylation sites is 1. The number of hydrogen-bond acceptors (Lipinski definition) is 2. The number of rotatable bonds is 5. The molecule has 2 rings (SSSR count). The molecule has 0 amide bonds. The van der Waals surface area contributed by atoms with E-state index >= 15 is 0 Å². The summed E-state index contributed by atoms with van der Waals surface area (Å²) in [6, 6.07) is 9.81. The van der Waals surface area contributed by atoms with Gasteiger partial charge in [0.1, 0.15) is 0 Å². The summed E-state index contributed by atoms with van der Waals surface area (Å²) in [5.74, 6) is 0. The quantitative estimate of drug-likeness (QED) is 0.775. The first-order valence-electron chi connectivity index (χ1n) is 6.13. The van der Waals surface area contributed by atoms with Gasteiger partial charge in [-0.2, -0.15) is 0 Å². The van der Waals surface area contributed by atoms with Gasteiger partial charge < -0.3 is 10.3 Å². The number of aromatic nitrogens is 1. The molecule has 1 aromatic carbocycles. The van der Waals surface area contributed by atoms with E-state index in [1.165, 1.54) is 6.42 Å². The molecule has 1 heterocycles. The highest BCUT2D eigenvalue weighted by Gasteiger charge is 2.01.